The number of hydrogen-bond donors (Lipinski definition) is 2. The monoisotopic (exact) mass is 415 g/mol. The van der Waals surface area contributed by atoms with Crippen molar-refractivity contribution >= 4 is 11.7 Å². The fraction of sp³-hybridized carbons (Fsp3) is 0.923. The first-order valence-electron chi connectivity index (χ1n) is 12.6. The van der Waals surface area contributed by atoms with Gasteiger partial charge in [-0.25, -0.2) is 0 Å². The van der Waals surface area contributed by atoms with Crippen LogP contribution in [0.3, 0.4) is 0 Å². The fourth-order valence-electron chi connectivity index (χ4n) is 10.5. The molecule has 30 heavy (non-hydrogen) atoms. The summed E-state index contributed by atoms with van der Waals surface area (Å²) in [6, 6.07) is 0. The Balaban J connectivity index is 1.52. The molecule has 5 fully saturated rings. The van der Waals surface area contributed by atoms with Crippen LogP contribution in [-0.2, 0) is 4.79 Å². The Hall–Kier alpha value is -1.06. The molecule has 5 saturated carbocycles. The Kier molecular flexibility index (Phi) is 4.50. The standard InChI is InChI=1S/C26H41NO3/c1-16-17-9-13-25(4)21(23(17,2)12-10-20(16)27-30)8-7-18-19-6-5-11-26(19,22(28)29)15-14-24(18,25)3/h16-19,21,30H,5-15H2,1-4H3,(H,28,29)/b27-20+/t16?,17?,18?,19?,21?,23?,24-,25?,26+/m1/s1. The van der Waals surface area contributed by atoms with E-state index >= 15 is 0 Å². The number of nitrogens with zero attached hydrogens (tertiary/aromatic N) is 1. The lowest BCUT2D eigenvalue weighted by molar-refractivity contribution is -0.223. The highest BCUT2D eigenvalue weighted by Crippen LogP contribution is 2.75. The van der Waals surface area contributed by atoms with Gasteiger partial charge in [0.2, 0.25) is 0 Å². The van der Waals surface area contributed by atoms with Crippen LogP contribution in [0, 0.1) is 51.2 Å². The van der Waals surface area contributed by atoms with Crippen molar-refractivity contribution < 1.29 is 15.1 Å². The maximum Gasteiger partial charge on any atom is 0.309 e. The summed E-state index contributed by atoms with van der Waals surface area (Å²) in [4.78, 5) is 12.4. The van der Waals surface area contributed by atoms with Gasteiger partial charge in [0.1, 0.15) is 0 Å². The van der Waals surface area contributed by atoms with Gasteiger partial charge in [0.25, 0.3) is 0 Å². The first-order valence-corrected chi connectivity index (χ1v) is 12.6. The van der Waals surface area contributed by atoms with Crippen LogP contribution in [0.5, 0.6) is 0 Å². The fourth-order valence-corrected chi connectivity index (χ4v) is 10.5. The summed E-state index contributed by atoms with van der Waals surface area (Å²) in [6.07, 6.45) is 12.1. The van der Waals surface area contributed by atoms with Crippen LogP contribution in [-0.4, -0.2) is 22.0 Å². The second-order valence-corrected chi connectivity index (χ2v) is 12.6. The van der Waals surface area contributed by atoms with Gasteiger partial charge in [-0.05, 0) is 104 Å². The Morgan fingerprint density at radius 2 is 1.67 bits per heavy atom. The van der Waals surface area contributed by atoms with Crippen molar-refractivity contribution in [3.05, 3.63) is 0 Å². The van der Waals surface area contributed by atoms with Gasteiger partial charge >= 0.3 is 5.97 Å². The van der Waals surface area contributed by atoms with E-state index in [1.807, 2.05) is 0 Å². The quantitative estimate of drug-likeness (QED) is 0.386. The molecule has 0 aromatic rings. The van der Waals surface area contributed by atoms with Crippen LogP contribution in [0.2, 0.25) is 0 Å². The molecule has 5 rings (SSSR count). The molecule has 0 bridgehead atoms. The second-order valence-electron chi connectivity index (χ2n) is 12.6. The highest BCUT2D eigenvalue weighted by atomic mass is 16.4. The van der Waals surface area contributed by atoms with E-state index in [2.05, 4.69) is 32.9 Å². The lowest BCUT2D eigenvalue weighted by Gasteiger charge is -2.71. The van der Waals surface area contributed by atoms with E-state index in [-0.39, 0.29) is 5.41 Å². The van der Waals surface area contributed by atoms with Crippen molar-refractivity contribution in [3.8, 4) is 0 Å². The average molecular weight is 416 g/mol. The number of carboxylic acids is 1. The van der Waals surface area contributed by atoms with E-state index < -0.39 is 11.4 Å². The number of hydrogen-bond acceptors (Lipinski definition) is 3. The van der Waals surface area contributed by atoms with Crippen LogP contribution in [0.25, 0.3) is 0 Å². The zero-order valence-electron chi connectivity index (χ0n) is 19.4. The molecule has 5 aliphatic rings. The summed E-state index contributed by atoms with van der Waals surface area (Å²) in [5, 5.41) is 23.4. The molecule has 9 atom stereocenters. The molecular formula is C26H41NO3. The van der Waals surface area contributed by atoms with Crippen molar-refractivity contribution in [3.63, 3.8) is 0 Å². The molecule has 4 nitrogen and oxygen atoms in total. The van der Waals surface area contributed by atoms with Crippen molar-refractivity contribution in [1.29, 1.82) is 0 Å². The van der Waals surface area contributed by atoms with Crippen LogP contribution in [0.1, 0.15) is 98.3 Å². The molecule has 0 amide bonds. The van der Waals surface area contributed by atoms with Crippen molar-refractivity contribution in [2.45, 2.75) is 98.3 Å². The normalized spacial score (nSPS) is 56.5. The number of aliphatic carboxylic acids is 1. The molecule has 7 unspecified atom stereocenters. The van der Waals surface area contributed by atoms with Gasteiger partial charge in [0.05, 0.1) is 11.1 Å². The summed E-state index contributed by atoms with van der Waals surface area (Å²) in [5.74, 6) is 2.14. The van der Waals surface area contributed by atoms with Gasteiger partial charge in [-0.2, -0.15) is 0 Å². The van der Waals surface area contributed by atoms with E-state index in [9.17, 15) is 15.1 Å². The highest BCUT2D eigenvalue weighted by molar-refractivity contribution is 5.87. The molecular weight excluding hydrogens is 374 g/mol. The molecule has 0 spiro atoms. The van der Waals surface area contributed by atoms with E-state index in [4.69, 9.17) is 0 Å². The molecule has 0 aromatic heterocycles. The summed E-state index contributed by atoms with van der Waals surface area (Å²) in [6.45, 7) is 9.99. The summed E-state index contributed by atoms with van der Waals surface area (Å²) in [7, 11) is 0. The molecule has 168 valence electrons. The molecule has 0 saturated heterocycles. The molecule has 0 radical (unpaired) electrons. The minimum Gasteiger partial charge on any atom is -0.481 e. The van der Waals surface area contributed by atoms with Crippen molar-refractivity contribution in [2.75, 3.05) is 0 Å². The van der Waals surface area contributed by atoms with Crippen molar-refractivity contribution in [1.82, 2.24) is 0 Å². The number of carboxylic acid groups (broad SMARTS) is 1. The molecule has 0 heterocycles. The SMILES string of the molecule is CC1/C(=N/O)CCC2(C)C1CCC1(C)C2CCC2C3CCC[C@]3(C(=O)O)CC[C@]21C. The third kappa shape index (κ3) is 2.29. The van der Waals surface area contributed by atoms with Gasteiger partial charge in [0.15, 0.2) is 0 Å². The maximum atomic E-state index is 12.4. The minimum atomic E-state index is -0.507. The van der Waals surface area contributed by atoms with Crippen LogP contribution >= 0.6 is 0 Å². The summed E-state index contributed by atoms with van der Waals surface area (Å²) >= 11 is 0. The molecule has 4 heteroatoms. The van der Waals surface area contributed by atoms with E-state index in [0.29, 0.717) is 40.4 Å². The van der Waals surface area contributed by atoms with E-state index in [1.165, 1.54) is 25.7 Å². The molecule has 5 aliphatic carbocycles. The first-order chi connectivity index (χ1) is 14.1. The zero-order valence-corrected chi connectivity index (χ0v) is 19.4. The maximum absolute atomic E-state index is 12.4. The largest absolute Gasteiger partial charge is 0.481 e. The Labute approximate surface area is 181 Å². The Morgan fingerprint density at radius 3 is 2.37 bits per heavy atom. The van der Waals surface area contributed by atoms with Gasteiger partial charge in [-0.3, -0.25) is 4.79 Å². The smallest absolute Gasteiger partial charge is 0.309 e. The minimum absolute atomic E-state index is 0.256. The predicted octanol–water partition coefficient (Wildman–Crippen LogP) is 6.37. The van der Waals surface area contributed by atoms with Crippen LogP contribution in [0.4, 0.5) is 0 Å². The number of fused-ring (bicyclic) bond motifs is 7. The summed E-state index contributed by atoms with van der Waals surface area (Å²) < 4.78 is 0. The third-order valence-electron chi connectivity index (χ3n) is 12.3. The predicted molar refractivity (Wildman–Crippen MR) is 118 cm³/mol. The van der Waals surface area contributed by atoms with Crippen molar-refractivity contribution in [2.24, 2.45) is 56.4 Å². The van der Waals surface area contributed by atoms with Gasteiger partial charge in [-0.15, -0.1) is 0 Å². The number of carbonyl (C=O) groups is 1. The lowest BCUT2D eigenvalue weighted by atomic mass is 9.33. The number of rotatable bonds is 1. The highest BCUT2D eigenvalue weighted by Gasteiger charge is 2.69. The van der Waals surface area contributed by atoms with Crippen LogP contribution in [0.15, 0.2) is 5.16 Å². The molecule has 0 aromatic carbocycles. The zero-order chi connectivity index (χ0) is 21.5. The van der Waals surface area contributed by atoms with E-state index in [1.54, 1.807) is 0 Å². The van der Waals surface area contributed by atoms with E-state index in [0.717, 1.165) is 50.7 Å². The molecule has 0 aliphatic heterocycles. The molecule has 2 N–H and O–H groups in total. The first kappa shape index (κ1) is 20.8. The summed E-state index contributed by atoms with van der Waals surface area (Å²) in [5.41, 5.74) is 1.44. The van der Waals surface area contributed by atoms with Crippen LogP contribution < -0.4 is 0 Å². The van der Waals surface area contributed by atoms with Gasteiger partial charge < -0.3 is 10.3 Å². The second kappa shape index (κ2) is 6.48. The Bertz CT molecular complexity index is 778. The lowest BCUT2D eigenvalue weighted by Crippen LogP contribution is -2.65. The average Bonchev–Trinajstić information content (AvgIpc) is 3.14. The Morgan fingerprint density at radius 1 is 0.900 bits per heavy atom. The third-order valence-corrected chi connectivity index (χ3v) is 12.3. The number of oxime groups is 1. The van der Waals surface area contributed by atoms with Gasteiger partial charge in [-0.1, -0.05) is 39.3 Å². The topological polar surface area (TPSA) is 69.9 Å². The van der Waals surface area contributed by atoms with Gasteiger partial charge in [0, 0.05) is 5.92 Å².